The van der Waals surface area contributed by atoms with Gasteiger partial charge in [-0.25, -0.2) is 0 Å². The fourth-order valence-corrected chi connectivity index (χ4v) is 3.85. The zero-order valence-corrected chi connectivity index (χ0v) is 11.8. The third kappa shape index (κ3) is 2.10. The van der Waals surface area contributed by atoms with E-state index in [0.717, 1.165) is 24.5 Å². The van der Waals surface area contributed by atoms with Gasteiger partial charge >= 0.3 is 0 Å². The number of aliphatic hydroxyl groups is 1. The Hall–Kier alpha value is -1.95. The van der Waals surface area contributed by atoms with Crippen LogP contribution in [0.2, 0.25) is 0 Å². The SMILES string of the molecule is OCC1C[C@H]2CC[C@@H](C1)N2c1nnnn1-c1ccccc1. The van der Waals surface area contributed by atoms with Crippen LogP contribution in [0.3, 0.4) is 0 Å². The van der Waals surface area contributed by atoms with Crippen LogP contribution in [0.1, 0.15) is 25.7 Å². The molecule has 2 fully saturated rings. The zero-order valence-electron chi connectivity index (χ0n) is 11.8. The Morgan fingerprint density at radius 2 is 1.81 bits per heavy atom. The number of aromatic nitrogens is 4. The van der Waals surface area contributed by atoms with Crippen molar-refractivity contribution < 1.29 is 5.11 Å². The molecule has 0 aliphatic carbocycles. The molecule has 1 aromatic heterocycles. The van der Waals surface area contributed by atoms with Gasteiger partial charge in [-0.3, -0.25) is 0 Å². The van der Waals surface area contributed by atoms with E-state index in [1.165, 1.54) is 12.8 Å². The summed E-state index contributed by atoms with van der Waals surface area (Å²) in [6, 6.07) is 10.9. The number of tetrazole rings is 1. The molecule has 4 rings (SSSR count). The maximum atomic E-state index is 9.44. The fourth-order valence-electron chi connectivity index (χ4n) is 3.85. The van der Waals surface area contributed by atoms with Crippen LogP contribution in [0, 0.1) is 5.92 Å². The van der Waals surface area contributed by atoms with Crippen LogP contribution in [0.15, 0.2) is 30.3 Å². The molecule has 6 nitrogen and oxygen atoms in total. The van der Waals surface area contributed by atoms with E-state index in [0.29, 0.717) is 24.6 Å². The predicted molar refractivity (Wildman–Crippen MR) is 78.3 cm³/mol. The molecule has 2 bridgehead atoms. The highest BCUT2D eigenvalue weighted by Crippen LogP contribution is 2.40. The van der Waals surface area contributed by atoms with E-state index in [1.54, 1.807) is 0 Å². The smallest absolute Gasteiger partial charge is 0.250 e. The van der Waals surface area contributed by atoms with E-state index in [4.69, 9.17) is 0 Å². The average molecular weight is 285 g/mol. The minimum absolute atomic E-state index is 0.296. The van der Waals surface area contributed by atoms with Gasteiger partial charge in [0.15, 0.2) is 0 Å². The Kier molecular flexibility index (Phi) is 3.11. The number of rotatable bonds is 3. The van der Waals surface area contributed by atoms with Crippen LogP contribution in [-0.4, -0.2) is 44.0 Å². The van der Waals surface area contributed by atoms with E-state index in [9.17, 15) is 5.11 Å². The normalized spacial score (nSPS) is 28.0. The van der Waals surface area contributed by atoms with Gasteiger partial charge in [-0.1, -0.05) is 23.3 Å². The van der Waals surface area contributed by atoms with Gasteiger partial charge in [0.05, 0.1) is 5.69 Å². The highest BCUT2D eigenvalue weighted by molar-refractivity contribution is 5.44. The first kappa shape index (κ1) is 12.8. The summed E-state index contributed by atoms with van der Waals surface area (Å²) in [5.41, 5.74) is 0.987. The van der Waals surface area contributed by atoms with Crippen molar-refractivity contribution in [2.24, 2.45) is 5.92 Å². The van der Waals surface area contributed by atoms with Crippen LogP contribution in [0.5, 0.6) is 0 Å². The number of para-hydroxylation sites is 1. The van der Waals surface area contributed by atoms with E-state index < -0.39 is 0 Å². The second-order valence-electron chi connectivity index (χ2n) is 6.04. The third-order valence-corrected chi connectivity index (χ3v) is 4.77. The molecule has 2 aromatic rings. The summed E-state index contributed by atoms with van der Waals surface area (Å²) in [4.78, 5) is 2.37. The summed E-state index contributed by atoms with van der Waals surface area (Å²) in [6.07, 6.45) is 4.41. The number of hydrogen-bond donors (Lipinski definition) is 1. The molecule has 1 N–H and O–H groups in total. The zero-order chi connectivity index (χ0) is 14.2. The van der Waals surface area contributed by atoms with Crippen molar-refractivity contribution in [3.8, 4) is 5.69 Å². The largest absolute Gasteiger partial charge is 0.396 e. The van der Waals surface area contributed by atoms with Crippen LogP contribution >= 0.6 is 0 Å². The van der Waals surface area contributed by atoms with Crippen molar-refractivity contribution in [1.82, 2.24) is 20.2 Å². The summed E-state index contributed by atoms with van der Waals surface area (Å²) < 4.78 is 1.82. The van der Waals surface area contributed by atoms with Crippen molar-refractivity contribution in [2.45, 2.75) is 37.8 Å². The molecule has 1 aromatic carbocycles. The maximum absolute atomic E-state index is 9.44. The molecular formula is C15H19N5O. The number of nitrogens with zero attached hydrogens (tertiary/aromatic N) is 5. The van der Waals surface area contributed by atoms with Gasteiger partial charge in [-0.2, -0.15) is 4.68 Å². The average Bonchev–Trinajstić information content (AvgIpc) is 3.10. The molecule has 0 spiro atoms. The summed E-state index contributed by atoms with van der Waals surface area (Å²) in [7, 11) is 0. The number of fused-ring (bicyclic) bond motifs is 2. The lowest BCUT2D eigenvalue weighted by Crippen LogP contribution is -2.45. The first-order valence-corrected chi connectivity index (χ1v) is 7.60. The Labute approximate surface area is 123 Å². The van der Waals surface area contributed by atoms with E-state index >= 15 is 0 Å². The van der Waals surface area contributed by atoms with Crippen LogP contribution in [0.25, 0.3) is 5.69 Å². The van der Waals surface area contributed by atoms with Crippen LogP contribution in [-0.2, 0) is 0 Å². The molecule has 2 saturated heterocycles. The molecular weight excluding hydrogens is 266 g/mol. The van der Waals surface area contributed by atoms with Gasteiger partial charge < -0.3 is 10.0 Å². The molecule has 0 amide bonds. The lowest BCUT2D eigenvalue weighted by atomic mass is 9.92. The fraction of sp³-hybridized carbons (Fsp3) is 0.533. The Morgan fingerprint density at radius 1 is 1.10 bits per heavy atom. The summed E-state index contributed by atoms with van der Waals surface area (Å²) in [6.45, 7) is 0.296. The Balaban J connectivity index is 1.68. The van der Waals surface area contributed by atoms with Gasteiger partial charge in [0.1, 0.15) is 0 Å². The van der Waals surface area contributed by atoms with Crippen molar-refractivity contribution >= 4 is 5.95 Å². The third-order valence-electron chi connectivity index (χ3n) is 4.77. The lowest BCUT2D eigenvalue weighted by molar-refractivity contribution is 0.185. The lowest BCUT2D eigenvalue weighted by Gasteiger charge is -2.38. The number of anilines is 1. The topological polar surface area (TPSA) is 67.1 Å². The monoisotopic (exact) mass is 285 g/mol. The number of aliphatic hydroxyl groups excluding tert-OH is 1. The van der Waals surface area contributed by atoms with Gasteiger partial charge in [0, 0.05) is 18.7 Å². The molecule has 3 atom stereocenters. The highest BCUT2D eigenvalue weighted by Gasteiger charge is 2.42. The highest BCUT2D eigenvalue weighted by atomic mass is 16.3. The van der Waals surface area contributed by atoms with Gasteiger partial charge in [0.2, 0.25) is 0 Å². The summed E-state index contributed by atoms with van der Waals surface area (Å²) >= 11 is 0. The van der Waals surface area contributed by atoms with Gasteiger partial charge in [-0.05, 0) is 54.2 Å². The quantitative estimate of drug-likeness (QED) is 0.923. The second kappa shape index (κ2) is 5.11. The van der Waals surface area contributed by atoms with E-state index in [1.807, 2.05) is 35.0 Å². The molecule has 3 heterocycles. The van der Waals surface area contributed by atoms with Crippen molar-refractivity contribution in [2.75, 3.05) is 11.5 Å². The number of hydrogen-bond acceptors (Lipinski definition) is 5. The van der Waals surface area contributed by atoms with Crippen molar-refractivity contribution in [3.05, 3.63) is 30.3 Å². The number of piperidine rings is 1. The molecule has 110 valence electrons. The second-order valence-corrected chi connectivity index (χ2v) is 6.04. The first-order valence-electron chi connectivity index (χ1n) is 7.60. The first-order chi connectivity index (χ1) is 10.4. The molecule has 1 unspecified atom stereocenters. The minimum Gasteiger partial charge on any atom is -0.396 e. The van der Waals surface area contributed by atoms with Crippen LogP contribution in [0.4, 0.5) is 5.95 Å². The molecule has 21 heavy (non-hydrogen) atoms. The van der Waals surface area contributed by atoms with E-state index in [2.05, 4.69) is 20.4 Å². The minimum atomic E-state index is 0.296. The van der Waals surface area contributed by atoms with Gasteiger partial charge in [-0.15, -0.1) is 0 Å². The van der Waals surface area contributed by atoms with Crippen molar-refractivity contribution in [3.63, 3.8) is 0 Å². The standard InChI is InChI=1S/C15H19N5O/c21-10-11-8-13-6-7-14(9-11)19(13)15-16-17-18-20(15)12-4-2-1-3-5-12/h1-5,11,13-14,21H,6-10H2/t11?,13-,14+. The molecule has 6 heteroatoms. The molecule has 2 aliphatic rings. The van der Waals surface area contributed by atoms with Gasteiger partial charge in [0.25, 0.3) is 5.95 Å². The molecule has 0 saturated carbocycles. The van der Waals surface area contributed by atoms with E-state index in [-0.39, 0.29) is 0 Å². The Bertz CT molecular complexity index is 600. The molecule has 0 radical (unpaired) electrons. The van der Waals surface area contributed by atoms with Crippen molar-refractivity contribution in [1.29, 1.82) is 0 Å². The maximum Gasteiger partial charge on any atom is 0.250 e. The Morgan fingerprint density at radius 3 is 2.48 bits per heavy atom. The predicted octanol–water partition coefficient (Wildman–Crippen LogP) is 1.40. The number of benzene rings is 1. The molecule has 2 aliphatic heterocycles. The summed E-state index contributed by atoms with van der Waals surface area (Å²) in [5.74, 6) is 1.27. The summed E-state index contributed by atoms with van der Waals surface area (Å²) in [5, 5.41) is 21.8. The van der Waals surface area contributed by atoms with Crippen LogP contribution < -0.4 is 4.90 Å².